The van der Waals surface area contributed by atoms with Crippen molar-refractivity contribution in [2.45, 2.75) is 0 Å². The van der Waals surface area contributed by atoms with Crippen molar-refractivity contribution in [3.05, 3.63) is 11.9 Å². The molecule has 2 nitrogen and oxygen atoms in total. The fourth-order valence-electron chi connectivity index (χ4n) is 0.573. The highest BCUT2D eigenvalue weighted by Crippen LogP contribution is 2.27. The van der Waals surface area contributed by atoms with Crippen molar-refractivity contribution in [2.75, 3.05) is 0 Å². The van der Waals surface area contributed by atoms with Gasteiger partial charge in [0.2, 0.25) is 0 Å². The Morgan fingerprint density at radius 3 is 2.80 bits per heavy atom. The van der Waals surface area contributed by atoms with Crippen LogP contribution in [0.2, 0.25) is 0 Å². The summed E-state index contributed by atoms with van der Waals surface area (Å²) in [5, 5.41) is 0. The van der Waals surface area contributed by atoms with Crippen LogP contribution < -0.4 is 4.06 Å². The van der Waals surface area contributed by atoms with Gasteiger partial charge in [-0.25, -0.2) is 4.98 Å². The summed E-state index contributed by atoms with van der Waals surface area (Å²) in [6.45, 7) is 0. The maximum absolute atomic E-state index is 10.8. The highest BCUT2D eigenvalue weighted by molar-refractivity contribution is 14.1. The first-order valence-corrected chi connectivity index (χ1v) is 5.84. The standard InChI is InChI=1S/C4INOS3/c5-3-6-1-2(9-3)10-4(7)8-1. The molecule has 0 unspecified atom stereocenters. The minimum atomic E-state index is 0.144. The molecule has 0 N–H and O–H groups in total. The van der Waals surface area contributed by atoms with E-state index in [2.05, 4.69) is 27.6 Å². The van der Waals surface area contributed by atoms with Gasteiger partial charge in [0, 0.05) is 0 Å². The Morgan fingerprint density at radius 1 is 1.30 bits per heavy atom. The van der Waals surface area contributed by atoms with Gasteiger partial charge >= 0.3 is 0 Å². The number of aromatic nitrogens is 1. The predicted octanol–water partition coefficient (Wildman–Crippen LogP) is 2.38. The number of halogens is 1. The molecule has 10 heavy (non-hydrogen) atoms. The molecular weight excluding hydrogens is 301 g/mol. The molecule has 0 atom stereocenters. The van der Waals surface area contributed by atoms with E-state index < -0.39 is 0 Å². The smallest absolute Gasteiger partial charge is 0.265 e. The molecule has 6 heteroatoms. The topological polar surface area (TPSA) is 30.0 Å². The quantitative estimate of drug-likeness (QED) is 0.699. The fraction of sp³-hybridized carbons (Fsp3) is 0. The maximum Gasteiger partial charge on any atom is 0.290 e. The van der Waals surface area contributed by atoms with Crippen molar-refractivity contribution in [2.24, 2.45) is 0 Å². The van der Waals surface area contributed by atoms with Crippen LogP contribution in [-0.4, -0.2) is 4.98 Å². The molecule has 0 saturated carbocycles. The van der Waals surface area contributed by atoms with Gasteiger partial charge < -0.3 is 0 Å². The Bertz CT molecular complexity index is 379. The van der Waals surface area contributed by atoms with Gasteiger partial charge in [0.05, 0.1) is 0 Å². The van der Waals surface area contributed by atoms with E-state index in [0.29, 0.717) is 0 Å². The molecule has 0 amide bonds. The maximum atomic E-state index is 10.8. The molecular formula is C4INOS3. The van der Waals surface area contributed by atoms with Crippen LogP contribution in [0.5, 0.6) is 0 Å². The highest BCUT2D eigenvalue weighted by atomic mass is 127. The number of hydrogen-bond donors (Lipinski definition) is 0. The lowest BCUT2D eigenvalue weighted by molar-refractivity contribution is 1.48. The lowest BCUT2D eigenvalue weighted by Gasteiger charge is -1.66. The van der Waals surface area contributed by atoms with Crippen LogP contribution in [0.25, 0.3) is 8.84 Å². The lowest BCUT2D eigenvalue weighted by Crippen LogP contribution is -1.74. The van der Waals surface area contributed by atoms with Crippen molar-refractivity contribution >= 4 is 65.4 Å². The van der Waals surface area contributed by atoms with Crippen LogP contribution in [0.1, 0.15) is 0 Å². The Balaban J connectivity index is 2.95. The Hall–Kier alpha value is 0.470. The van der Waals surface area contributed by atoms with Crippen LogP contribution in [0.15, 0.2) is 4.79 Å². The number of nitrogens with zero attached hydrogens (tertiary/aromatic N) is 1. The van der Waals surface area contributed by atoms with Crippen molar-refractivity contribution in [3.8, 4) is 0 Å². The highest BCUT2D eigenvalue weighted by Gasteiger charge is 2.04. The van der Waals surface area contributed by atoms with Crippen LogP contribution in [-0.2, 0) is 0 Å². The second-order valence-electron chi connectivity index (χ2n) is 1.51. The van der Waals surface area contributed by atoms with E-state index in [0.717, 1.165) is 11.9 Å². The van der Waals surface area contributed by atoms with E-state index in [-0.39, 0.29) is 4.06 Å². The molecule has 2 aromatic rings. The van der Waals surface area contributed by atoms with Gasteiger partial charge in [-0.1, -0.05) is 34.0 Å². The van der Waals surface area contributed by atoms with E-state index in [1.165, 1.54) is 22.7 Å². The molecule has 0 aliphatic heterocycles. The molecule has 0 saturated heterocycles. The molecule has 2 aromatic heterocycles. The largest absolute Gasteiger partial charge is 0.290 e. The normalized spacial score (nSPS) is 10.9. The van der Waals surface area contributed by atoms with Crippen molar-refractivity contribution in [1.29, 1.82) is 0 Å². The zero-order valence-electron chi connectivity index (χ0n) is 4.46. The summed E-state index contributed by atoms with van der Waals surface area (Å²) in [7, 11) is 0. The summed E-state index contributed by atoms with van der Waals surface area (Å²) in [6, 6.07) is 0. The lowest BCUT2D eigenvalue weighted by atomic mass is 11.0. The minimum Gasteiger partial charge on any atom is -0.265 e. The van der Waals surface area contributed by atoms with E-state index >= 15 is 0 Å². The summed E-state index contributed by atoms with van der Waals surface area (Å²) in [6.07, 6.45) is 0. The third-order valence-corrected chi connectivity index (χ3v) is 4.90. The number of fused-ring (bicyclic) bond motifs is 1. The second-order valence-corrected chi connectivity index (χ2v) is 6.73. The Morgan fingerprint density at radius 2 is 2.10 bits per heavy atom. The van der Waals surface area contributed by atoms with Gasteiger partial charge in [-0.2, -0.15) is 0 Å². The van der Waals surface area contributed by atoms with Gasteiger partial charge in [0.15, 0.2) is 3.01 Å². The van der Waals surface area contributed by atoms with E-state index in [1.54, 1.807) is 11.3 Å². The van der Waals surface area contributed by atoms with Crippen molar-refractivity contribution < 1.29 is 0 Å². The molecule has 0 radical (unpaired) electrons. The molecule has 0 aliphatic carbocycles. The zero-order valence-corrected chi connectivity index (χ0v) is 9.07. The SMILES string of the molecule is O=c1sc2nc(I)sc2s1. The van der Waals surface area contributed by atoms with Gasteiger partial charge in [-0.3, -0.25) is 4.79 Å². The second kappa shape index (κ2) is 2.50. The molecule has 0 aliphatic rings. The zero-order chi connectivity index (χ0) is 7.14. The number of rotatable bonds is 0. The molecule has 0 fully saturated rings. The first-order valence-electron chi connectivity index (χ1n) is 2.32. The van der Waals surface area contributed by atoms with E-state index in [9.17, 15) is 4.79 Å². The average molecular weight is 301 g/mol. The Kier molecular flexibility index (Phi) is 1.79. The van der Waals surface area contributed by atoms with Gasteiger partial charge in [0.1, 0.15) is 8.84 Å². The van der Waals surface area contributed by atoms with Crippen LogP contribution in [0.3, 0.4) is 0 Å². The molecule has 0 aromatic carbocycles. The van der Waals surface area contributed by atoms with E-state index in [4.69, 9.17) is 0 Å². The summed E-state index contributed by atoms with van der Waals surface area (Å²) in [5.41, 5.74) is 0. The number of thiazole rings is 1. The molecule has 0 spiro atoms. The van der Waals surface area contributed by atoms with Crippen molar-refractivity contribution in [1.82, 2.24) is 4.98 Å². The number of hydrogen-bond acceptors (Lipinski definition) is 5. The van der Waals surface area contributed by atoms with Crippen LogP contribution >= 0.6 is 56.6 Å². The summed E-state index contributed by atoms with van der Waals surface area (Å²) >= 11 is 6.26. The van der Waals surface area contributed by atoms with Crippen LogP contribution in [0.4, 0.5) is 0 Å². The monoisotopic (exact) mass is 301 g/mol. The minimum absolute atomic E-state index is 0.144. The van der Waals surface area contributed by atoms with Gasteiger partial charge in [-0.15, -0.1) is 0 Å². The van der Waals surface area contributed by atoms with E-state index in [1.807, 2.05) is 0 Å². The van der Waals surface area contributed by atoms with Gasteiger partial charge in [0.25, 0.3) is 4.06 Å². The average Bonchev–Trinajstić information content (AvgIpc) is 2.21. The van der Waals surface area contributed by atoms with Crippen LogP contribution in [0, 0.1) is 3.01 Å². The first-order chi connectivity index (χ1) is 4.75. The first kappa shape index (κ1) is 7.14. The molecule has 52 valence electrons. The molecule has 2 rings (SSSR count). The fourth-order valence-corrected chi connectivity index (χ4v) is 5.17. The summed E-state index contributed by atoms with van der Waals surface area (Å²) < 4.78 is 2.21. The van der Waals surface area contributed by atoms with Crippen molar-refractivity contribution in [3.63, 3.8) is 0 Å². The Labute approximate surface area is 81.7 Å². The molecule has 2 heterocycles. The third kappa shape index (κ3) is 1.13. The predicted molar refractivity (Wildman–Crippen MR) is 54.4 cm³/mol. The summed E-state index contributed by atoms with van der Waals surface area (Å²) in [4.78, 5) is 15.8. The molecule has 0 bridgehead atoms. The van der Waals surface area contributed by atoms with Gasteiger partial charge in [-0.05, 0) is 22.6 Å². The third-order valence-electron chi connectivity index (χ3n) is 0.897. The summed E-state index contributed by atoms with van der Waals surface area (Å²) in [5.74, 6) is 0.